The van der Waals surface area contributed by atoms with Crippen LogP contribution in [0, 0.1) is 0 Å². The maximum atomic E-state index is 12.2. The molecule has 0 aromatic rings. The van der Waals surface area contributed by atoms with Gasteiger partial charge in [-0.1, -0.05) is 0 Å². The fraction of sp³-hybridized carbons (Fsp3) is 0.900. The highest BCUT2D eigenvalue weighted by Crippen LogP contribution is 2.09. The van der Waals surface area contributed by atoms with Crippen molar-refractivity contribution in [2.45, 2.75) is 26.4 Å². The number of carbonyl (C=O) groups excluding carboxylic acids is 1. The number of hydrogen-bond donors (Lipinski definition) is 1. The van der Waals surface area contributed by atoms with E-state index in [9.17, 15) is 13.4 Å². The topological polar surface area (TPSA) is 34.0 Å². The van der Waals surface area contributed by atoms with Crippen LogP contribution < -0.4 is 4.90 Å². The Labute approximate surface area is 101 Å². The summed E-state index contributed by atoms with van der Waals surface area (Å²) in [5.74, 6) is 0. The number of halogens is 2. The van der Waals surface area contributed by atoms with Gasteiger partial charge in [0.1, 0.15) is 12.0 Å². The highest BCUT2D eigenvalue weighted by atomic mass is 19.2. The molecule has 4 nitrogen and oxygen atoms in total. The van der Waals surface area contributed by atoms with Gasteiger partial charge in [0.05, 0.1) is 26.2 Å². The molecule has 1 aliphatic rings. The van der Waals surface area contributed by atoms with Crippen molar-refractivity contribution in [3.05, 3.63) is 0 Å². The minimum Gasteiger partial charge on any atom is -0.444 e. The van der Waals surface area contributed by atoms with Crippen molar-refractivity contribution in [3.8, 4) is 0 Å². The van der Waals surface area contributed by atoms with Gasteiger partial charge < -0.3 is 9.64 Å². The normalized spacial score (nSPS) is 18.1. The van der Waals surface area contributed by atoms with Gasteiger partial charge in [-0.25, -0.2) is 4.79 Å². The van der Waals surface area contributed by atoms with Crippen LogP contribution in [-0.2, 0) is 4.74 Å². The van der Waals surface area contributed by atoms with E-state index in [1.54, 1.807) is 4.90 Å². The molecule has 17 heavy (non-hydrogen) atoms. The van der Waals surface area contributed by atoms with Crippen LogP contribution in [0.5, 0.6) is 0 Å². The van der Waals surface area contributed by atoms with E-state index in [0.717, 1.165) is 4.90 Å². The van der Waals surface area contributed by atoms with E-state index in [1.165, 1.54) is 0 Å². The summed E-state index contributed by atoms with van der Waals surface area (Å²) in [7, 11) is -2.28. The summed E-state index contributed by atoms with van der Waals surface area (Å²) in [6.45, 7) is 7.51. The Balaban J connectivity index is 2.34. The Hall–Kier alpha value is -0.845. The molecule has 98 valence electrons. The van der Waals surface area contributed by atoms with Crippen molar-refractivity contribution < 1.29 is 23.1 Å². The molecule has 0 bridgehead atoms. The van der Waals surface area contributed by atoms with Gasteiger partial charge in [-0.05, 0) is 20.8 Å². The first-order valence-corrected chi connectivity index (χ1v) is 5.87. The molecule has 0 aromatic heterocycles. The van der Waals surface area contributed by atoms with E-state index in [2.05, 4.69) is 0 Å². The second-order valence-electron chi connectivity index (χ2n) is 5.31. The molecular formula is C10H20BF2N2O2+. The Morgan fingerprint density at radius 1 is 1.35 bits per heavy atom. The molecule has 1 N–H and O–H groups in total. The molecule has 7 heteroatoms. The summed E-state index contributed by atoms with van der Waals surface area (Å²) in [5, 5.41) is 0. The number of piperazine rings is 1. The Bertz CT molecular complexity index is 264. The predicted molar refractivity (Wildman–Crippen MR) is 61.3 cm³/mol. The van der Waals surface area contributed by atoms with E-state index < -0.39 is 12.9 Å². The third kappa shape index (κ3) is 5.34. The maximum Gasteiger partial charge on any atom is 0.592 e. The van der Waals surface area contributed by atoms with Crippen molar-refractivity contribution in [2.75, 3.05) is 32.6 Å². The van der Waals surface area contributed by atoms with Crippen LogP contribution in [0.2, 0.25) is 0 Å². The number of nitrogens with zero attached hydrogens (tertiary/aromatic N) is 1. The zero-order valence-corrected chi connectivity index (χ0v) is 10.6. The lowest BCUT2D eigenvalue weighted by molar-refractivity contribution is -0.894. The fourth-order valence-electron chi connectivity index (χ4n) is 1.75. The van der Waals surface area contributed by atoms with Crippen LogP contribution in [0.15, 0.2) is 0 Å². The van der Waals surface area contributed by atoms with Crippen molar-refractivity contribution in [1.29, 1.82) is 0 Å². The molecule has 1 saturated heterocycles. The molecule has 0 spiro atoms. The van der Waals surface area contributed by atoms with Gasteiger partial charge in [0.15, 0.2) is 0 Å². The van der Waals surface area contributed by atoms with Crippen molar-refractivity contribution in [2.24, 2.45) is 0 Å². The lowest BCUT2D eigenvalue weighted by Gasteiger charge is -2.33. The van der Waals surface area contributed by atoms with Gasteiger partial charge in [0.2, 0.25) is 0 Å². The maximum absolute atomic E-state index is 12.2. The first kappa shape index (κ1) is 14.2. The number of rotatable bonds is 2. The van der Waals surface area contributed by atoms with E-state index in [4.69, 9.17) is 4.74 Å². The van der Waals surface area contributed by atoms with E-state index in [-0.39, 0.29) is 12.5 Å². The Kier molecular flexibility index (Phi) is 4.74. The van der Waals surface area contributed by atoms with Gasteiger partial charge in [0.25, 0.3) is 0 Å². The van der Waals surface area contributed by atoms with E-state index in [1.807, 2.05) is 20.8 Å². The number of quaternary nitrogens is 1. The lowest BCUT2D eigenvalue weighted by Crippen LogP contribution is -3.15. The highest BCUT2D eigenvalue weighted by molar-refractivity contribution is 6.42. The Morgan fingerprint density at radius 3 is 2.29 bits per heavy atom. The molecule has 0 radical (unpaired) electrons. The largest absolute Gasteiger partial charge is 0.592 e. The third-order valence-corrected chi connectivity index (χ3v) is 2.57. The molecular weight excluding hydrogens is 229 g/mol. The van der Waals surface area contributed by atoms with E-state index >= 15 is 0 Å². The second kappa shape index (κ2) is 5.66. The van der Waals surface area contributed by atoms with Gasteiger partial charge in [-0.15, -0.1) is 0 Å². The van der Waals surface area contributed by atoms with Crippen LogP contribution in [0.25, 0.3) is 0 Å². The summed E-state index contributed by atoms with van der Waals surface area (Å²) in [4.78, 5) is 14.1. The standard InChI is InChI=1S/C10H19BF2N2O2/c1-10(2,3)17-9(16)15-6-4-14(5-7-15)8-11(12)13/h4-8H2,1-3H3/p+1. The van der Waals surface area contributed by atoms with Gasteiger partial charge >= 0.3 is 13.4 Å². The van der Waals surface area contributed by atoms with Crippen LogP contribution in [-0.4, -0.2) is 56.5 Å². The summed E-state index contributed by atoms with van der Waals surface area (Å²) >= 11 is 0. The molecule has 1 heterocycles. The van der Waals surface area contributed by atoms with E-state index in [0.29, 0.717) is 26.2 Å². The summed E-state index contributed by atoms with van der Waals surface area (Å²) in [6.07, 6.45) is -0.490. The van der Waals surface area contributed by atoms with Crippen LogP contribution in [0.4, 0.5) is 13.4 Å². The molecule has 1 rings (SSSR count). The zero-order chi connectivity index (χ0) is 13.1. The molecule has 0 aliphatic carbocycles. The van der Waals surface area contributed by atoms with Crippen molar-refractivity contribution in [3.63, 3.8) is 0 Å². The average molecular weight is 249 g/mol. The average Bonchev–Trinajstić information content (AvgIpc) is 2.15. The first-order valence-electron chi connectivity index (χ1n) is 5.87. The smallest absolute Gasteiger partial charge is 0.444 e. The summed E-state index contributed by atoms with van der Waals surface area (Å²) in [6, 6.07) is 0. The minimum atomic E-state index is -2.28. The van der Waals surface area contributed by atoms with Crippen molar-refractivity contribution >= 4 is 13.4 Å². The van der Waals surface area contributed by atoms with Crippen molar-refractivity contribution in [1.82, 2.24) is 4.90 Å². The minimum absolute atomic E-state index is 0.137. The second-order valence-corrected chi connectivity index (χ2v) is 5.31. The predicted octanol–water partition coefficient (Wildman–Crippen LogP) is 0.0884. The first-order chi connectivity index (χ1) is 7.78. The molecule has 0 saturated carbocycles. The monoisotopic (exact) mass is 249 g/mol. The van der Waals surface area contributed by atoms with Crippen LogP contribution >= 0.6 is 0 Å². The summed E-state index contributed by atoms with van der Waals surface area (Å²) < 4.78 is 29.6. The highest BCUT2D eigenvalue weighted by Gasteiger charge is 2.30. The molecule has 0 atom stereocenters. The van der Waals surface area contributed by atoms with Crippen LogP contribution in [0.3, 0.4) is 0 Å². The third-order valence-electron chi connectivity index (χ3n) is 2.57. The molecule has 0 aromatic carbocycles. The fourth-order valence-corrected chi connectivity index (χ4v) is 1.75. The Morgan fingerprint density at radius 2 is 1.88 bits per heavy atom. The molecule has 0 unspecified atom stereocenters. The molecule has 1 fully saturated rings. The van der Waals surface area contributed by atoms with Crippen LogP contribution in [0.1, 0.15) is 20.8 Å². The zero-order valence-electron chi connectivity index (χ0n) is 10.6. The molecule has 1 aliphatic heterocycles. The van der Waals surface area contributed by atoms with Gasteiger partial charge in [0, 0.05) is 0 Å². The number of amides is 1. The summed E-state index contributed by atoms with van der Waals surface area (Å²) in [5.41, 5.74) is -0.510. The SMILES string of the molecule is CC(C)(C)OC(=O)N1CC[NH+](CB(F)F)CC1. The number of ether oxygens (including phenoxy) is 1. The lowest BCUT2D eigenvalue weighted by atomic mass is 9.98. The number of carbonyl (C=O) groups is 1. The number of hydrogen-bond acceptors (Lipinski definition) is 2. The molecule has 1 amide bonds. The van der Waals surface area contributed by atoms with Gasteiger partial charge in [-0.3, -0.25) is 13.5 Å². The number of nitrogens with one attached hydrogen (secondary N) is 1. The van der Waals surface area contributed by atoms with Gasteiger partial charge in [-0.2, -0.15) is 0 Å². The quantitative estimate of drug-likeness (QED) is 0.704.